The van der Waals surface area contributed by atoms with Crippen molar-refractivity contribution >= 4 is 6.09 Å². The van der Waals surface area contributed by atoms with Crippen molar-refractivity contribution in [2.24, 2.45) is 7.05 Å². The van der Waals surface area contributed by atoms with Gasteiger partial charge in [-0.3, -0.25) is 0 Å². The molecule has 0 aromatic carbocycles. The van der Waals surface area contributed by atoms with E-state index in [0.29, 0.717) is 18.9 Å². The predicted molar refractivity (Wildman–Crippen MR) is 61.1 cm³/mol. The van der Waals surface area contributed by atoms with Gasteiger partial charge < -0.3 is 9.64 Å². The molecule has 0 aliphatic heterocycles. The van der Waals surface area contributed by atoms with Gasteiger partial charge in [-0.25, -0.2) is 4.79 Å². The average molecular weight is 241 g/mol. The number of rotatable bonds is 3. The zero-order valence-corrected chi connectivity index (χ0v) is 11.0. The Kier molecular flexibility index (Phi) is 4.03. The Morgan fingerprint density at radius 3 is 2.53 bits per heavy atom. The lowest BCUT2D eigenvalue weighted by Gasteiger charge is -2.25. The number of nitrogens with zero attached hydrogens (tertiary/aromatic N) is 5. The van der Waals surface area contributed by atoms with Crippen LogP contribution in [0.2, 0.25) is 0 Å². The summed E-state index contributed by atoms with van der Waals surface area (Å²) < 4.78 is 5.27. The third kappa shape index (κ3) is 4.38. The maximum absolute atomic E-state index is 11.8. The topological polar surface area (TPSA) is 73.1 Å². The highest BCUT2D eigenvalue weighted by Crippen LogP contribution is 2.10. The molecule has 1 aromatic heterocycles. The molecule has 7 nitrogen and oxygen atoms in total. The second-order valence-corrected chi connectivity index (χ2v) is 4.69. The molecule has 0 saturated heterocycles. The average Bonchev–Trinajstić information content (AvgIpc) is 2.57. The smallest absolute Gasteiger partial charge is 0.410 e. The Balaban J connectivity index is 2.62. The van der Waals surface area contributed by atoms with Crippen LogP contribution < -0.4 is 0 Å². The van der Waals surface area contributed by atoms with E-state index in [1.807, 2.05) is 27.7 Å². The highest BCUT2D eigenvalue weighted by Gasteiger charge is 2.22. The molecule has 0 aliphatic rings. The highest BCUT2D eigenvalue weighted by atomic mass is 16.6. The van der Waals surface area contributed by atoms with Gasteiger partial charge >= 0.3 is 6.09 Å². The largest absolute Gasteiger partial charge is 0.444 e. The van der Waals surface area contributed by atoms with Crippen LogP contribution >= 0.6 is 0 Å². The number of hydrogen-bond acceptors (Lipinski definition) is 5. The molecule has 1 heterocycles. The summed E-state index contributed by atoms with van der Waals surface area (Å²) >= 11 is 0. The lowest BCUT2D eigenvalue weighted by molar-refractivity contribution is 0.0239. The molecule has 1 amide bonds. The van der Waals surface area contributed by atoms with E-state index in [-0.39, 0.29) is 6.09 Å². The zero-order valence-electron chi connectivity index (χ0n) is 11.0. The quantitative estimate of drug-likeness (QED) is 0.788. The maximum Gasteiger partial charge on any atom is 0.410 e. The number of hydrogen-bond donors (Lipinski definition) is 0. The van der Waals surface area contributed by atoms with Crippen molar-refractivity contribution < 1.29 is 9.53 Å². The molecule has 1 aromatic rings. The number of aromatic nitrogens is 4. The van der Waals surface area contributed by atoms with Crippen molar-refractivity contribution in [3.63, 3.8) is 0 Å². The monoisotopic (exact) mass is 241 g/mol. The van der Waals surface area contributed by atoms with Crippen molar-refractivity contribution in [2.45, 2.75) is 39.8 Å². The summed E-state index contributed by atoms with van der Waals surface area (Å²) in [5, 5.41) is 11.6. The third-order valence-corrected chi connectivity index (χ3v) is 1.92. The molecule has 0 unspecified atom stereocenters. The normalized spacial score (nSPS) is 11.4. The number of tetrazole rings is 1. The van der Waals surface area contributed by atoms with Gasteiger partial charge in [-0.1, -0.05) is 0 Å². The molecule has 7 heteroatoms. The summed E-state index contributed by atoms with van der Waals surface area (Å²) in [6, 6.07) is 0. The Bertz CT molecular complexity index is 382. The van der Waals surface area contributed by atoms with Crippen LogP contribution in [0.15, 0.2) is 0 Å². The number of ether oxygens (including phenoxy) is 1. The molecular weight excluding hydrogens is 222 g/mol. The van der Waals surface area contributed by atoms with Gasteiger partial charge in [0.1, 0.15) is 5.60 Å². The van der Waals surface area contributed by atoms with E-state index in [4.69, 9.17) is 4.74 Å². The van der Waals surface area contributed by atoms with Crippen LogP contribution in [0.4, 0.5) is 4.79 Å². The lowest BCUT2D eigenvalue weighted by Crippen LogP contribution is -2.36. The number of amides is 1. The van der Waals surface area contributed by atoms with Gasteiger partial charge in [0.25, 0.3) is 0 Å². The number of carbonyl (C=O) groups is 1. The Labute approximate surface area is 101 Å². The van der Waals surface area contributed by atoms with Crippen molar-refractivity contribution in [3.05, 3.63) is 5.82 Å². The van der Waals surface area contributed by atoms with Crippen LogP contribution in [-0.4, -0.2) is 43.3 Å². The van der Waals surface area contributed by atoms with Gasteiger partial charge in [0, 0.05) is 6.54 Å². The molecule has 0 fully saturated rings. The molecule has 0 N–H and O–H groups in total. The first-order chi connectivity index (χ1) is 7.81. The van der Waals surface area contributed by atoms with E-state index in [2.05, 4.69) is 15.4 Å². The molecule has 0 saturated carbocycles. The van der Waals surface area contributed by atoms with Crippen LogP contribution in [0.3, 0.4) is 0 Å². The van der Waals surface area contributed by atoms with Crippen LogP contribution in [0, 0.1) is 0 Å². The molecule has 0 aliphatic carbocycles. The summed E-state index contributed by atoms with van der Waals surface area (Å²) in [5.74, 6) is 0.500. The first-order valence-electron chi connectivity index (χ1n) is 5.52. The molecule has 1 rings (SSSR count). The van der Waals surface area contributed by atoms with Gasteiger partial charge in [0.2, 0.25) is 0 Å². The van der Waals surface area contributed by atoms with Gasteiger partial charge in [-0.05, 0) is 32.9 Å². The van der Waals surface area contributed by atoms with Crippen LogP contribution in [0.25, 0.3) is 0 Å². The minimum absolute atomic E-state index is 0.305. The van der Waals surface area contributed by atoms with Gasteiger partial charge in [0.15, 0.2) is 5.82 Å². The van der Waals surface area contributed by atoms with Crippen molar-refractivity contribution in [2.75, 3.05) is 6.54 Å². The van der Waals surface area contributed by atoms with Gasteiger partial charge in [0.05, 0.1) is 13.6 Å². The summed E-state index contributed by atoms with van der Waals surface area (Å²) in [7, 11) is 1.68. The Hall–Kier alpha value is -1.66. The minimum Gasteiger partial charge on any atom is -0.444 e. The molecule has 96 valence electrons. The standard InChI is InChI=1S/C10H19N5O2/c1-6-15(9(16)17-10(2,3)4)7-8-11-13-14(5)12-8/h6-7H2,1-5H3. The molecule has 17 heavy (non-hydrogen) atoms. The molecule has 0 bridgehead atoms. The molecule has 0 spiro atoms. The maximum atomic E-state index is 11.8. The third-order valence-electron chi connectivity index (χ3n) is 1.92. The van der Waals surface area contributed by atoms with Crippen LogP contribution in [0.5, 0.6) is 0 Å². The highest BCUT2D eigenvalue weighted by molar-refractivity contribution is 5.67. The summed E-state index contributed by atoms with van der Waals surface area (Å²) in [5.41, 5.74) is -0.500. The molecule has 0 atom stereocenters. The van der Waals surface area contributed by atoms with E-state index in [1.54, 1.807) is 7.05 Å². The fraction of sp³-hybridized carbons (Fsp3) is 0.800. The van der Waals surface area contributed by atoms with Crippen molar-refractivity contribution in [3.8, 4) is 0 Å². The van der Waals surface area contributed by atoms with Crippen molar-refractivity contribution in [1.82, 2.24) is 25.1 Å². The lowest BCUT2D eigenvalue weighted by atomic mass is 10.2. The van der Waals surface area contributed by atoms with Crippen LogP contribution in [0.1, 0.15) is 33.5 Å². The van der Waals surface area contributed by atoms with E-state index in [9.17, 15) is 4.79 Å². The van der Waals surface area contributed by atoms with Gasteiger partial charge in [-0.2, -0.15) is 4.80 Å². The summed E-state index contributed by atoms with van der Waals surface area (Å²) in [6.45, 7) is 8.21. The fourth-order valence-electron chi connectivity index (χ4n) is 1.19. The molecular formula is C10H19N5O2. The molecule has 0 radical (unpaired) electrons. The summed E-state index contributed by atoms with van der Waals surface area (Å²) in [4.78, 5) is 14.7. The van der Waals surface area contributed by atoms with E-state index in [0.717, 1.165) is 0 Å². The summed E-state index contributed by atoms with van der Waals surface area (Å²) in [6.07, 6.45) is -0.368. The first kappa shape index (κ1) is 13.4. The fourth-order valence-corrected chi connectivity index (χ4v) is 1.19. The zero-order chi connectivity index (χ0) is 13.1. The van der Waals surface area contributed by atoms with Gasteiger partial charge in [-0.15, -0.1) is 10.2 Å². The van der Waals surface area contributed by atoms with Crippen molar-refractivity contribution in [1.29, 1.82) is 0 Å². The Morgan fingerprint density at radius 1 is 1.47 bits per heavy atom. The predicted octanol–water partition coefficient (Wildman–Crippen LogP) is 0.967. The second-order valence-electron chi connectivity index (χ2n) is 4.69. The second kappa shape index (κ2) is 5.11. The Morgan fingerprint density at radius 2 is 2.12 bits per heavy atom. The minimum atomic E-state index is -0.500. The number of aryl methyl sites for hydroxylation is 1. The van der Waals surface area contributed by atoms with E-state index in [1.165, 1.54) is 9.70 Å². The van der Waals surface area contributed by atoms with E-state index < -0.39 is 5.60 Å². The van der Waals surface area contributed by atoms with E-state index >= 15 is 0 Å². The van der Waals surface area contributed by atoms with Crippen LogP contribution in [-0.2, 0) is 18.3 Å². The first-order valence-corrected chi connectivity index (χ1v) is 5.52. The SMILES string of the molecule is CCN(Cc1nnn(C)n1)C(=O)OC(C)(C)C. The number of carbonyl (C=O) groups excluding carboxylic acids is 1.